The van der Waals surface area contributed by atoms with Crippen molar-refractivity contribution in [1.82, 2.24) is 0 Å². The third-order valence-corrected chi connectivity index (χ3v) is 3.11. The molecule has 0 spiro atoms. The molecule has 3 heteroatoms. The maximum absolute atomic E-state index is 9.68. The van der Waals surface area contributed by atoms with Gasteiger partial charge in [0.05, 0.1) is 7.11 Å². The second-order valence-corrected chi connectivity index (χ2v) is 4.00. The number of rotatable bonds is 4. The third kappa shape index (κ3) is 2.23. The summed E-state index contributed by atoms with van der Waals surface area (Å²) in [5.41, 5.74) is 6.72. The highest BCUT2D eigenvalue weighted by atomic mass is 16.5. The van der Waals surface area contributed by atoms with Crippen molar-refractivity contribution in [2.75, 3.05) is 13.7 Å². The van der Waals surface area contributed by atoms with Gasteiger partial charge in [-0.2, -0.15) is 0 Å². The quantitative estimate of drug-likeness (QED) is 0.797. The summed E-state index contributed by atoms with van der Waals surface area (Å²) < 4.78 is 5.00. The van der Waals surface area contributed by atoms with E-state index in [1.165, 1.54) is 7.11 Å². The molecule has 1 unspecified atom stereocenters. The highest BCUT2D eigenvalue weighted by Crippen LogP contribution is 2.33. The molecule has 3 nitrogen and oxygen atoms in total. The summed E-state index contributed by atoms with van der Waals surface area (Å²) in [6.45, 7) is 4.75. The number of phenolic OH excluding ortho intramolecular Hbond substituents is 1. The summed E-state index contributed by atoms with van der Waals surface area (Å²) in [7, 11) is 1.54. The summed E-state index contributed by atoms with van der Waals surface area (Å²) in [4.78, 5) is 0. The molecule has 0 fully saturated rings. The van der Waals surface area contributed by atoms with Gasteiger partial charge in [-0.05, 0) is 24.1 Å². The van der Waals surface area contributed by atoms with Gasteiger partial charge in [0.1, 0.15) is 0 Å². The summed E-state index contributed by atoms with van der Waals surface area (Å²) in [6, 6.07) is 5.46. The molecule has 3 N–H and O–H groups in total. The minimum Gasteiger partial charge on any atom is -0.504 e. The molecular weight excluding hydrogens is 190 g/mol. The van der Waals surface area contributed by atoms with Gasteiger partial charge < -0.3 is 15.6 Å². The molecule has 0 aliphatic carbocycles. The number of methoxy groups -OCH3 is 1. The molecule has 0 radical (unpaired) electrons. The van der Waals surface area contributed by atoms with Crippen LogP contribution in [0, 0.1) is 0 Å². The van der Waals surface area contributed by atoms with Crippen LogP contribution in [0.25, 0.3) is 0 Å². The van der Waals surface area contributed by atoms with Crippen LogP contribution in [-0.2, 0) is 5.41 Å². The Labute approximate surface area is 90.9 Å². The molecule has 0 bridgehead atoms. The molecule has 0 aromatic heterocycles. The molecular formula is C12H19NO2. The lowest BCUT2D eigenvalue weighted by atomic mass is 9.80. The molecule has 0 amide bonds. The van der Waals surface area contributed by atoms with Gasteiger partial charge in [0.2, 0.25) is 0 Å². The number of hydrogen-bond donors (Lipinski definition) is 2. The van der Waals surface area contributed by atoms with Gasteiger partial charge in [-0.3, -0.25) is 0 Å². The van der Waals surface area contributed by atoms with Crippen molar-refractivity contribution in [2.24, 2.45) is 5.73 Å². The summed E-state index contributed by atoms with van der Waals surface area (Å²) in [5, 5.41) is 9.68. The summed E-state index contributed by atoms with van der Waals surface area (Å²) in [6.07, 6.45) is 0.940. The Bertz CT molecular complexity index is 332. The smallest absolute Gasteiger partial charge is 0.160 e. The number of nitrogens with two attached hydrogens (primary N) is 1. The van der Waals surface area contributed by atoms with Crippen molar-refractivity contribution in [1.29, 1.82) is 0 Å². The largest absolute Gasteiger partial charge is 0.504 e. The van der Waals surface area contributed by atoms with Crippen LogP contribution in [0.15, 0.2) is 18.2 Å². The van der Waals surface area contributed by atoms with Crippen LogP contribution >= 0.6 is 0 Å². The van der Waals surface area contributed by atoms with Crippen molar-refractivity contribution >= 4 is 0 Å². The Hall–Kier alpha value is -1.22. The van der Waals surface area contributed by atoms with Gasteiger partial charge in [0.25, 0.3) is 0 Å². The van der Waals surface area contributed by atoms with Crippen LogP contribution in [0.1, 0.15) is 25.8 Å². The van der Waals surface area contributed by atoms with E-state index in [0.29, 0.717) is 12.3 Å². The average molecular weight is 209 g/mol. The molecule has 0 aliphatic rings. The fraction of sp³-hybridized carbons (Fsp3) is 0.500. The van der Waals surface area contributed by atoms with Crippen molar-refractivity contribution in [2.45, 2.75) is 25.7 Å². The van der Waals surface area contributed by atoms with Gasteiger partial charge in [0, 0.05) is 12.0 Å². The number of benzene rings is 1. The number of ether oxygens (including phenoxy) is 1. The van der Waals surface area contributed by atoms with Crippen LogP contribution in [-0.4, -0.2) is 18.8 Å². The van der Waals surface area contributed by atoms with E-state index in [2.05, 4.69) is 13.8 Å². The number of hydrogen-bond acceptors (Lipinski definition) is 3. The van der Waals surface area contributed by atoms with Crippen LogP contribution in [0.3, 0.4) is 0 Å². The van der Waals surface area contributed by atoms with E-state index in [9.17, 15) is 5.11 Å². The van der Waals surface area contributed by atoms with E-state index in [4.69, 9.17) is 10.5 Å². The minimum atomic E-state index is -0.0796. The zero-order chi connectivity index (χ0) is 11.5. The minimum absolute atomic E-state index is 0.0796. The lowest BCUT2D eigenvalue weighted by Gasteiger charge is -2.27. The van der Waals surface area contributed by atoms with E-state index in [1.807, 2.05) is 6.07 Å². The van der Waals surface area contributed by atoms with Crippen LogP contribution in [0.5, 0.6) is 11.5 Å². The standard InChI is InChI=1S/C12H19NO2/c1-4-12(2,8-13)9-5-6-11(15-3)10(14)7-9/h5-7,14H,4,8,13H2,1-3H3. The first-order chi connectivity index (χ1) is 7.07. The lowest BCUT2D eigenvalue weighted by molar-refractivity contribution is 0.370. The molecule has 1 aromatic carbocycles. The SMILES string of the molecule is CCC(C)(CN)c1ccc(OC)c(O)c1. The van der Waals surface area contributed by atoms with Gasteiger partial charge in [-0.15, -0.1) is 0 Å². The van der Waals surface area contributed by atoms with Crippen LogP contribution in [0.4, 0.5) is 0 Å². The van der Waals surface area contributed by atoms with Crippen molar-refractivity contribution < 1.29 is 9.84 Å². The summed E-state index contributed by atoms with van der Waals surface area (Å²) in [5.74, 6) is 0.664. The van der Waals surface area contributed by atoms with E-state index in [-0.39, 0.29) is 11.2 Å². The molecule has 1 rings (SSSR count). The van der Waals surface area contributed by atoms with Gasteiger partial charge >= 0.3 is 0 Å². The normalized spacial score (nSPS) is 14.7. The first kappa shape index (κ1) is 11.9. The number of phenols is 1. The maximum atomic E-state index is 9.68. The van der Waals surface area contributed by atoms with Crippen molar-refractivity contribution in [3.63, 3.8) is 0 Å². The van der Waals surface area contributed by atoms with Crippen molar-refractivity contribution in [3.05, 3.63) is 23.8 Å². The topological polar surface area (TPSA) is 55.5 Å². The zero-order valence-corrected chi connectivity index (χ0v) is 9.58. The van der Waals surface area contributed by atoms with E-state index >= 15 is 0 Å². The third-order valence-electron chi connectivity index (χ3n) is 3.11. The Morgan fingerprint density at radius 1 is 1.47 bits per heavy atom. The van der Waals surface area contributed by atoms with Crippen LogP contribution < -0.4 is 10.5 Å². The second kappa shape index (κ2) is 4.53. The Balaban J connectivity index is 3.11. The Kier molecular flexibility index (Phi) is 3.58. The molecule has 0 saturated carbocycles. The molecule has 15 heavy (non-hydrogen) atoms. The van der Waals surface area contributed by atoms with Gasteiger partial charge in [-0.1, -0.05) is 19.9 Å². The van der Waals surface area contributed by atoms with E-state index < -0.39 is 0 Å². The van der Waals surface area contributed by atoms with E-state index in [0.717, 1.165) is 12.0 Å². The fourth-order valence-corrected chi connectivity index (χ4v) is 1.53. The Morgan fingerprint density at radius 2 is 2.13 bits per heavy atom. The van der Waals surface area contributed by atoms with E-state index in [1.54, 1.807) is 12.1 Å². The second-order valence-electron chi connectivity index (χ2n) is 4.00. The summed E-state index contributed by atoms with van der Waals surface area (Å²) >= 11 is 0. The Morgan fingerprint density at radius 3 is 2.53 bits per heavy atom. The fourth-order valence-electron chi connectivity index (χ4n) is 1.53. The molecule has 1 aromatic rings. The average Bonchev–Trinajstić information content (AvgIpc) is 2.28. The van der Waals surface area contributed by atoms with Crippen molar-refractivity contribution in [3.8, 4) is 11.5 Å². The predicted octanol–water partition coefficient (Wildman–Crippen LogP) is 2.03. The number of aromatic hydroxyl groups is 1. The van der Waals surface area contributed by atoms with Gasteiger partial charge in [-0.25, -0.2) is 0 Å². The van der Waals surface area contributed by atoms with Crippen LogP contribution in [0.2, 0.25) is 0 Å². The molecule has 0 heterocycles. The maximum Gasteiger partial charge on any atom is 0.160 e. The highest BCUT2D eigenvalue weighted by molar-refractivity contribution is 5.44. The molecule has 0 aliphatic heterocycles. The molecule has 0 saturated heterocycles. The first-order valence-electron chi connectivity index (χ1n) is 5.15. The zero-order valence-electron chi connectivity index (χ0n) is 9.58. The lowest BCUT2D eigenvalue weighted by Crippen LogP contribution is -2.30. The molecule has 1 atom stereocenters. The molecule has 84 valence electrons. The first-order valence-corrected chi connectivity index (χ1v) is 5.15. The highest BCUT2D eigenvalue weighted by Gasteiger charge is 2.23. The predicted molar refractivity (Wildman–Crippen MR) is 61.4 cm³/mol. The monoisotopic (exact) mass is 209 g/mol. The van der Waals surface area contributed by atoms with Gasteiger partial charge in [0.15, 0.2) is 11.5 Å².